The molecule has 2 aliphatic heterocycles. The quantitative estimate of drug-likeness (QED) is 0.196. The molecule has 8 aromatic rings. The topological polar surface area (TPSA) is 29.5 Å². The van der Waals surface area contributed by atoms with Crippen LogP contribution in [0.3, 0.4) is 0 Å². The summed E-state index contributed by atoms with van der Waals surface area (Å²) in [6.07, 6.45) is 1.94. The summed E-state index contributed by atoms with van der Waals surface area (Å²) < 4.78 is 11.1. The molecule has 0 radical (unpaired) electrons. The van der Waals surface area contributed by atoms with E-state index in [9.17, 15) is 0 Å². The Balaban J connectivity index is 1.41. The molecule has 0 N–H and O–H groups in total. The van der Waals surface area contributed by atoms with E-state index in [1.165, 1.54) is 55.5 Å². The number of hydrogen-bond donors (Lipinski definition) is 0. The molecule has 0 bridgehead atoms. The lowest BCUT2D eigenvalue weighted by Crippen LogP contribution is -2.58. The molecule has 3 aromatic heterocycles. The van der Waals surface area contributed by atoms with Gasteiger partial charge < -0.3 is 18.6 Å². The number of anilines is 4. The van der Waals surface area contributed by atoms with Gasteiger partial charge in [0, 0.05) is 56.8 Å². The van der Waals surface area contributed by atoms with Gasteiger partial charge in [-0.2, -0.15) is 0 Å². The second-order valence-corrected chi connectivity index (χ2v) is 11.9. The van der Waals surface area contributed by atoms with Crippen LogP contribution < -0.4 is 15.2 Å². The zero-order valence-corrected chi connectivity index (χ0v) is 24.4. The highest BCUT2D eigenvalue weighted by atomic mass is 16.3. The SMILES string of the molecule is Cc1ccc2c(c1)-c1c(n(C)c3ccccc13)B1N(c3coc4ccccc34)c3c(n(-c4ccccc4)c4ccccc34)N12. The van der Waals surface area contributed by atoms with E-state index in [1.54, 1.807) is 0 Å². The van der Waals surface area contributed by atoms with Crippen LogP contribution in [0.5, 0.6) is 0 Å². The van der Waals surface area contributed by atoms with E-state index < -0.39 is 0 Å². The van der Waals surface area contributed by atoms with Crippen molar-refractivity contribution in [2.45, 2.75) is 6.92 Å². The molecular formula is C38H27BN4O. The number of rotatable bonds is 2. The van der Waals surface area contributed by atoms with Gasteiger partial charge in [-0.15, -0.1) is 0 Å². The van der Waals surface area contributed by atoms with Gasteiger partial charge in [0.15, 0.2) is 0 Å². The van der Waals surface area contributed by atoms with E-state index in [0.29, 0.717) is 0 Å². The molecule has 10 rings (SSSR count). The van der Waals surface area contributed by atoms with Crippen LogP contribution in [0.2, 0.25) is 0 Å². The summed E-state index contributed by atoms with van der Waals surface area (Å²) in [6, 6.07) is 43.7. The lowest BCUT2D eigenvalue weighted by atomic mass is 9.62. The Hall–Kier alpha value is -5.62. The maximum Gasteiger partial charge on any atom is 0.440 e. The molecule has 0 saturated carbocycles. The predicted molar refractivity (Wildman–Crippen MR) is 182 cm³/mol. The fourth-order valence-corrected chi connectivity index (χ4v) is 7.81. The molecule has 6 heteroatoms. The van der Waals surface area contributed by atoms with E-state index in [-0.39, 0.29) is 6.98 Å². The first-order chi connectivity index (χ1) is 21.7. The van der Waals surface area contributed by atoms with Crippen LogP contribution in [-0.2, 0) is 7.05 Å². The number of furan rings is 1. The van der Waals surface area contributed by atoms with Crippen LogP contribution in [0.25, 0.3) is 49.6 Å². The number of fused-ring (bicyclic) bond motifs is 13. The molecule has 5 heterocycles. The van der Waals surface area contributed by atoms with Crippen LogP contribution in [0, 0.1) is 6.92 Å². The lowest BCUT2D eigenvalue weighted by Gasteiger charge is -2.36. The van der Waals surface area contributed by atoms with Crippen LogP contribution >= 0.6 is 0 Å². The summed E-state index contributed by atoms with van der Waals surface area (Å²) in [6.45, 7) is 2.06. The van der Waals surface area contributed by atoms with Crippen molar-refractivity contribution >= 4 is 68.2 Å². The molecule has 0 spiro atoms. The van der Waals surface area contributed by atoms with Gasteiger partial charge in [0.1, 0.15) is 17.7 Å². The monoisotopic (exact) mass is 566 g/mol. The number of aromatic nitrogens is 2. The average Bonchev–Trinajstić information content (AvgIpc) is 3.80. The highest BCUT2D eigenvalue weighted by Crippen LogP contribution is 2.57. The van der Waals surface area contributed by atoms with E-state index in [1.807, 2.05) is 12.3 Å². The second-order valence-electron chi connectivity index (χ2n) is 11.9. The predicted octanol–water partition coefficient (Wildman–Crippen LogP) is 8.84. The Morgan fingerprint density at radius 3 is 2.18 bits per heavy atom. The van der Waals surface area contributed by atoms with Crippen molar-refractivity contribution in [2.75, 3.05) is 9.62 Å². The van der Waals surface area contributed by atoms with Gasteiger partial charge in [0.25, 0.3) is 0 Å². The zero-order valence-electron chi connectivity index (χ0n) is 24.4. The average molecular weight is 566 g/mol. The zero-order chi connectivity index (χ0) is 29.1. The van der Waals surface area contributed by atoms with Crippen LogP contribution in [-0.4, -0.2) is 16.1 Å². The highest BCUT2D eigenvalue weighted by Gasteiger charge is 2.53. The summed E-state index contributed by atoms with van der Waals surface area (Å²) in [5, 5.41) is 3.59. The molecule has 208 valence electrons. The van der Waals surface area contributed by atoms with Gasteiger partial charge in [-0.05, 0) is 55.5 Å². The molecule has 0 aliphatic carbocycles. The fraction of sp³-hybridized carbons (Fsp3) is 0.0526. The summed E-state index contributed by atoms with van der Waals surface area (Å²) in [5.74, 6) is 1.16. The Bertz CT molecular complexity index is 2450. The molecule has 0 saturated heterocycles. The van der Waals surface area contributed by atoms with Gasteiger partial charge in [0.05, 0.1) is 16.9 Å². The van der Waals surface area contributed by atoms with E-state index in [4.69, 9.17) is 4.42 Å². The van der Waals surface area contributed by atoms with E-state index in [0.717, 1.165) is 28.2 Å². The second kappa shape index (κ2) is 8.48. The van der Waals surface area contributed by atoms with Crippen molar-refractivity contribution in [2.24, 2.45) is 7.05 Å². The Kier molecular flexibility index (Phi) is 4.61. The minimum Gasteiger partial charge on any atom is -0.462 e. The number of aryl methyl sites for hydroxylation is 2. The van der Waals surface area contributed by atoms with E-state index in [2.05, 4.69) is 148 Å². The molecular weight excluding hydrogens is 539 g/mol. The van der Waals surface area contributed by atoms with Gasteiger partial charge in [0.2, 0.25) is 0 Å². The molecule has 44 heavy (non-hydrogen) atoms. The van der Waals surface area contributed by atoms with Gasteiger partial charge in [-0.3, -0.25) is 4.57 Å². The maximum absolute atomic E-state index is 6.25. The fourth-order valence-electron chi connectivity index (χ4n) is 7.81. The van der Waals surface area contributed by atoms with Crippen molar-refractivity contribution in [3.63, 3.8) is 0 Å². The normalized spacial score (nSPS) is 13.5. The number of para-hydroxylation sites is 4. The summed E-state index contributed by atoms with van der Waals surface area (Å²) in [4.78, 5) is 5.10. The number of nitrogens with zero attached hydrogens (tertiary/aromatic N) is 4. The summed E-state index contributed by atoms with van der Waals surface area (Å²) in [5.41, 5.74) is 13.0. The van der Waals surface area contributed by atoms with Crippen molar-refractivity contribution in [3.05, 3.63) is 133 Å². The standard InChI is InChI=1S/C38H27BN4O/c1-24-20-21-32-29(22-24)35-27-15-6-9-17-30(27)40(2)37(35)39-42(33-23-44-34-19-11-8-14-26(33)34)36-28-16-7-10-18-31(28)41(38(36)43(32)39)25-12-4-3-5-13-25/h3-23H,1-2H3. The Morgan fingerprint density at radius 2 is 1.34 bits per heavy atom. The Labute approximate surface area is 254 Å². The Morgan fingerprint density at radius 1 is 0.636 bits per heavy atom. The molecule has 5 nitrogen and oxygen atoms in total. The molecule has 0 atom stereocenters. The first-order valence-corrected chi connectivity index (χ1v) is 15.1. The third kappa shape index (κ3) is 2.90. The number of hydrogen-bond acceptors (Lipinski definition) is 3. The van der Waals surface area contributed by atoms with E-state index >= 15 is 0 Å². The molecule has 2 aliphatic rings. The molecule has 0 amide bonds. The minimum atomic E-state index is -0.136. The molecule has 0 unspecified atom stereocenters. The van der Waals surface area contributed by atoms with Crippen molar-refractivity contribution in [1.82, 2.24) is 9.13 Å². The first-order valence-electron chi connectivity index (χ1n) is 15.1. The van der Waals surface area contributed by atoms with Crippen molar-refractivity contribution in [3.8, 4) is 16.8 Å². The maximum atomic E-state index is 6.25. The van der Waals surface area contributed by atoms with Gasteiger partial charge in [-0.1, -0.05) is 78.4 Å². The number of benzene rings is 5. The van der Waals surface area contributed by atoms with Crippen molar-refractivity contribution in [1.29, 1.82) is 0 Å². The van der Waals surface area contributed by atoms with Gasteiger partial charge >= 0.3 is 6.98 Å². The highest BCUT2D eigenvalue weighted by molar-refractivity contribution is 6.87. The lowest BCUT2D eigenvalue weighted by molar-refractivity contribution is 0.616. The minimum absolute atomic E-state index is 0.136. The largest absolute Gasteiger partial charge is 0.462 e. The van der Waals surface area contributed by atoms with Crippen molar-refractivity contribution < 1.29 is 4.42 Å². The molecule has 5 aromatic carbocycles. The third-order valence-corrected chi connectivity index (χ3v) is 9.59. The third-order valence-electron chi connectivity index (χ3n) is 9.59. The smallest absolute Gasteiger partial charge is 0.440 e. The summed E-state index contributed by atoms with van der Waals surface area (Å²) in [7, 11) is 2.22. The summed E-state index contributed by atoms with van der Waals surface area (Å²) >= 11 is 0. The van der Waals surface area contributed by atoms with Crippen LogP contribution in [0.15, 0.2) is 132 Å². The van der Waals surface area contributed by atoms with Gasteiger partial charge in [-0.25, -0.2) is 0 Å². The van der Waals surface area contributed by atoms with Crippen LogP contribution in [0.1, 0.15) is 5.56 Å². The first kappa shape index (κ1) is 23.9. The van der Waals surface area contributed by atoms with Crippen LogP contribution in [0.4, 0.5) is 22.9 Å². The molecule has 0 fully saturated rings.